The number of rotatable bonds is 3. The molecule has 1 unspecified atom stereocenters. The lowest BCUT2D eigenvalue weighted by molar-refractivity contribution is 0.551. The van der Waals surface area contributed by atoms with Crippen LogP contribution in [0.1, 0.15) is 17.8 Å². The third kappa shape index (κ3) is 2.26. The third-order valence-electron chi connectivity index (χ3n) is 3.45. The highest BCUT2D eigenvalue weighted by atomic mass is 15.5. The molecule has 0 radical (unpaired) electrons. The molecule has 5 nitrogen and oxygen atoms in total. The second-order valence-electron chi connectivity index (χ2n) is 4.91. The summed E-state index contributed by atoms with van der Waals surface area (Å²) in [6.07, 6.45) is 2.15. The minimum atomic E-state index is 0.653. The Hall–Kier alpha value is -1.75. The van der Waals surface area contributed by atoms with Crippen LogP contribution in [0.2, 0.25) is 0 Å². The zero-order valence-electron chi connectivity index (χ0n) is 10.5. The zero-order valence-corrected chi connectivity index (χ0v) is 10.5. The van der Waals surface area contributed by atoms with E-state index in [1.165, 1.54) is 12.0 Å². The summed E-state index contributed by atoms with van der Waals surface area (Å²) in [5.74, 6) is 1.60. The molecule has 2 heterocycles. The average molecular weight is 243 g/mol. The highest BCUT2D eigenvalue weighted by Crippen LogP contribution is 2.16. The highest BCUT2D eigenvalue weighted by Gasteiger charge is 2.18. The maximum atomic E-state index is 4.15. The van der Waals surface area contributed by atoms with Crippen molar-refractivity contribution in [3.63, 3.8) is 0 Å². The van der Waals surface area contributed by atoms with Crippen LogP contribution in [0.4, 0.5) is 0 Å². The summed E-state index contributed by atoms with van der Waals surface area (Å²) in [5, 5.41) is 15.4. The maximum absolute atomic E-state index is 4.15. The van der Waals surface area contributed by atoms with E-state index >= 15 is 0 Å². The third-order valence-corrected chi connectivity index (χ3v) is 3.45. The Bertz CT molecular complexity index is 510. The maximum Gasteiger partial charge on any atom is 0.157 e. The van der Waals surface area contributed by atoms with Crippen molar-refractivity contribution >= 4 is 0 Å². The molecule has 0 spiro atoms. The molecular weight excluding hydrogens is 226 g/mol. The lowest BCUT2D eigenvalue weighted by Gasteiger charge is -2.08. The molecular formula is C13H17N5. The molecule has 0 bridgehead atoms. The Morgan fingerprint density at radius 2 is 2.17 bits per heavy atom. The first-order valence-corrected chi connectivity index (χ1v) is 6.38. The van der Waals surface area contributed by atoms with Crippen LogP contribution >= 0.6 is 0 Å². The Kier molecular flexibility index (Phi) is 3.06. The molecule has 0 aliphatic carbocycles. The van der Waals surface area contributed by atoms with Crippen LogP contribution in [0.15, 0.2) is 24.3 Å². The fourth-order valence-corrected chi connectivity index (χ4v) is 2.37. The van der Waals surface area contributed by atoms with Crippen LogP contribution in [-0.2, 0) is 6.42 Å². The molecule has 1 aliphatic heterocycles. The van der Waals surface area contributed by atoms with E-state index in [1.54, 1.807) is 0 Å². The molecule has 3 rings (SSSR count). The fourth-order valence-electron chi connectivity index (χ4n) is 2.37. The van der Waals surface area contributed by atoms with E-state index in [1.807, 2.05) is 4.68 Å². The van der Waals surface area contributed by atoms with Crippen LogP contribution in [0.5, 0.6) is 0 Å². The molecule has 1 fully saturated rings. The highest BCUT2D eigenvalue weighted by molar-refractivity contribution is 5.33. The minimum absolute atomic E-state index is 0.653. The van der Waals surface area contributed by atoms with Gasteiger partial charge in [-0.2, -0.15) is 4.68 Å². The Labute approximate surface area is 106 Å². The molecule has 1 aromatic carbocycles. The monoisotopic (exact) mass is 243 g/mol. The van der Waals surface area contributed by atoms with Crippen molar-refractivity contribution in [2.75, 3.05) is 13.1 Å². The topological polar surface area (TPSA) is 55.6 Å². The number of tetrazole rings is 1. The first-order valence-electron chi connectivity index (χ1n) is 6.38. The summed E-state index contributed by atoms with van der Waals surface area (Å²) < 4.78 is 1.84. The number of nitrogens with one attached hydrogen (secondary N) is 1. The Balaban J connectivity index is 1.84. The van der Waals surface area contributed by atoms with Crippen LogP contribution in [0.25, 0.3) is 5.69 Å². The number of hydrogen-bond donors (Lipinski definition) is 1. The molecule has 0 saturated carbocycles. The molecule has 1 aromatic heterocycles. The molecule has 1 N–H and O–H groups in total. The molecule has 0 amide bonds. The van der Waals surface area contributed by atoms with E-state index in [4.69, 9.17) is 0 Å². The summed E-state index contributed by atoms with van der Waals surface area (Å²) in [7, 11) is 0. The van der Waals surface area contributed by atoms with Gasteiger partial charge < -0.3 is 5.32 Å². The minimum Gasteiger partial charge on any atom is -0.316 e. The van der Waals surface area contributed by atoms with Crippen molar-refractivity contribution in [3.8, 4) is 5.69 Å². The number of benzene rings is 1. The van der Waals surface area contributed by atoms with Gasteiger partial charge in [0.2, 0.25) is 0 Å². The van der Waals surface area contributed by atoms with Gasteiger partial charge in [0.15, 0.2) is 5.82 Å². The first-order chi connectivity index (χ1) is 8.83. The van der Waals surface area contributed by atoms with Crippen molar-refractivity contribution in [1.82, 2.24) is 25.5 Å². The number of aryl methyl sites for hydroxylation is 1. The Morgan fingerprint density at radius 3 is 2.89 bits per heavy atom. The molecule has 5 heteroatoms. The largest absolute Gasteiger partial charge is 0.316 e. The van der Waals surface area contributed by atoms with E-state index in [0.717, 1.165) is 31.0 Å². The smallest absolute Gasteiger partial charge is 0.157 e. The van der Waals surface area contributed by atoms with Crippen molar-refractivity contribution in [3.05, 3.63) is 35.7 Å². The molecule has 1 saturated heterocycles. The van der Waals surface area contributed by atoms with E-state index in [2.05, 4.69) is 52.0 Å². The van der Waals surface area contributed by atoms with Gasteiger partial charge in [-0.1, -0.05) is 17.7 Å². The molecule has 1 aliphatic rings. The lowest BCUT2D eigenvalue weighted by atomic mass is 10.0. The zero-order chi connectivity index (χ0) is 12.4. The summed E-state index contributed by atoms with van der Waals surface area (Å²) in [5.41, 5.74) is 2.28. The number of hydrogen-bond acceptors (Lipinski definition) is 4. The summed E-state index contributed by atoms with van der Waals surface area (Å²) in [6.45, 7) is 4.26. The van der Waals surface area contributed by atoms with Gasteiger partial charge in [-0.05, 0) is 54.9 Å². The Morgan fingerprint density at radius 1 is 1.33 bits per heavy atom. The standard InChI is InChI=1S/C13H17N5/c1-10-2-4-12(5-3-10)18-13(15-16-17-18)8-11-6-7-14-9-11/h2-5,11,14H,6-9H2,1H3. The quantitative estimate of drug-likeness (QED) is 0.877. The summed E-state index contributed by atoms with van der Waals surface area (Å²) >= 11 is 0. The second kappa shape index (κ2) is 4.86. The van der Waals surface area contributed by atoms with Gasteiger partial charge in [0.1, 0.15) is 0 Å². The predicted octanol–water partition coefficient (Wildman–Crippen LogP) is 1.12. The average Bonchev–Trinajstić information content (AvgIpc) is 3.02. The van der Waals surface area contributed by atoms with E-state index in [-0.39, 0.29) is 0 Å². The van der Waals surface area contributed by atoms with E-state index in [0.29, 0.717) is 5.92 Å². The van der Waals surface area contributed by atoms with Crippen molar-refractivity contribution in [1.29, 1.82) is 0 Å². The van der Waals surface area contributed by atoms with Gasteiger partial charge >= 0.3 is 0 Å². The van der Waals surface area contributed by atoms with Crippen LogP contribution in [0, 0.1) is 12.8 Å². The SMILES string of the molecule is Cc1ccc(-n2nnnc2CC2CCNC2)cc1. The van der Waals surface area contributed by atoms with Gasteiger partial charge in [-0.15, -0.1) is 5.10 Å². The molecule has 2 aromatic rings. The fraction of sp³-hybridized carbons (Fsp3) is 0.462. The van der Waals surface area contributed by atoms with Crippen molar-refractivity contribution in [2.45, 2.75) is 19.8 Å². The van der Waals surface area contributed by atoms with Crippen LogP contribution in [0.3, 0.4) is 0 Å². The van der Waals surface area contributed by atoms with Gasteiger partial charge in [0.05, 0.1) is 5.69 Å². The van der Waals surface area contributed by atoms with Gasteiger partial charge in [0.25, 0.3) is 0 Å². The number of aromatic nitrogens is 4. The molecule has 18 heavy (non-hydrogen) atoms. The summed E-state index contributed by atoms with van der Waals surface area (Å²) in [4.78, 5) is 0. The predicted molar refractivity (Wildman–Crippen MR) is 68.6 cm³/mol. The molecule has 1 atom stereocenters. The van der Waals surface area contributed by atoms with Gasteiger partial charge in [-0.3, -0.25) is 0 Å². The first kappa shape index (κ1) is 11.3. The van der Waals surface area contributed by atoms with Crippen LogP contribution in [-0.4, -0.2) is 33.3 Å². The second-order valence-corrected chi connectivity index (χ2v) is 4.91. The number of nitrogens with zero attached hydrogens (tertiary/aromatic N) is 4. The lowest BCUT2D eigenvalue weighted by Crippen LogP contribution is -2.13. The van der Waals surface area contributed by atoms with E-state index < -0.39 is 0 Å². The van der Waals surface area contributed by atoms with E-state index in [9.17, 15) is 0 Å². The van der Waals surface area contributed by atoms with Crippen molar-refractivity contribution in [2.24, 2.45) is 5.92 Å². The normalized spacial score (nSPS) is 19.3. The van der Waals surface area contributed by atoms with Gasteiger partial charge in [-0.25, -0.2) is 0 Å². The van der Waals surface area contributed by atoms with Crippen molar-refractivity contribution < 1.29 is 0 Å². The molecule has 94 valence electrons. The van der Waals surface area contributed by atoms with Crippen LogP contribution < -0.4 is 5.32 Å². The summed E-state index contributed by atoms with van der Waals surface area (Å²) in [6, 6.07) is 8.28. The van der Waals surface area contributed by atoms with Gasteiger partial charge in [0, 0.05) is 6.42 Å².